The highest BCUT2D eigenvalue weighted by Crippen LogP contribution is 2.01. The largest absolute Gasteiger partial charge is 0.480 e. The van der Waals surface area contributed by atoms with E-state index in [9.17, 15) is 38.4 Å². The standard InChI is InChI=1S/C32H62N20O9/c33-17(5-1-9-42-29(34)35)25(58)46-13-21(53)50-18(6-2-10-43-30(36)37)26(59)47-14-22(54)51-19(7-3-11-44-31(38)39)27(60)48-15-23(55)52-20(8-4-12-45-32(40)41)28(61)49-16-24(56)57/h17-20H,1-16,33H2,(H,46,58)(H,47,59)(H,48,60)(H,49,61)(H,50,53)(H,51,54)(H,52,55)(H,56,57)(H4,34,35,42)(H4,36,37,43)(H4,38,39,44)(H4,40,41,45)/t17-,18-,19-,20-/m0/s1. The summed E-state index contributed by atoms with van der Waals surface area (Å²) in [5.74, 6) is -8.12. The van der Waals surface area contributed by atoms with Crippen LogP contribution < -0.4 is 87.2 Å². The fourth-order valence-electron chi connectivity index (χ4n) is 4.97. The number of rotatable bonds is 31. The van der Waals surface area contributed by atoms with E-state index in [-0.39, 0.29) is 88.4 Å². The van der Waals surface area contributed by atoms with E-state index in [1.807, 2.05) is 0 Å². The van der Waals surface area contributed by atoms with Gasteiger partial charge in [-0.25, -0.2) is 0 Å². The van der Waals surface area contributed by atoms with Crippen LogP contribution in [0.5, 0.6) is 0 Å². The van der Waals surface area contributed by atoms with E-state index in [1.54, 1.807) is 0 Å². The van der Waals surface area contributed by atoms with Crippen molar-refractivity contribution in [1.82, 2.24) is 58.5 Å². The van der Waals surface area contributed by atoms with Crippen LogP contribution in [0.2, 0.25) is 0 Å². The highest BCUT2D eigenvalue weighted by atomic mass is 16.4. The second kappa shape index (κ2) is 30.8. The first-order valence-electron chi connectivity index (χ1n) is 19.0. The minimum absolute atomic E-state index is 0.00368. The summed E-state index contributed by atoms with van der Waals surface area (Å²) in [6, 6.07) is -4.70. The Bertz CT molecular complexity index is 1550. The number of amides is 7. The molecule has 0 spiro atoms. The van der Waals surface area contributed by atoms with Gasteiger partial charge < -0.3 is 92.3 Å². The van der Waals surface area contributed by atoms with Crippen LogP contribution in [0.25, 0.3) is 0 Å². The van der Waals surface area contributed by atoms with Crippen molar-refractivity contribution in [3.63, 3.8) is 0 Å². The Labute approximate surface area is 351 Å². The van der Waals surface area contributed by atoms with Gasteiger partial charge in [0.1, 0.15) is 24.7 Å². The van der Waals surface area contributed by atoms with Gasteiger partial charge in [-0.3, -0.25) is 60.0 Å². The van der Waals surface area contributed by atoms with Gasteiger partial charge in [0.25, 0.3) is 0 Å². The molecule has 0 aromatic rings. The maximum Gasteiger partial charge on any atom is 0.322 e. The van der Waals surface area contributed by atoms with E-state index in [2.05, 4.69) is 58.5 Å². The van der Waals surface area contributed by atoms with Crippen molar-refractivity contribution >= 4 is 71.2 Å². The molecule has 0 heterocycles. The van der Waals surface area contributed by atoms with Crippen molar-refractivity contribution in [2.24, 2.45) is 28.7 Å². The number of carbonyl (C=O) groups excluding carboxylic acids is 7. The maximum atomic E-state index is 13.2. The average Bonchev–Trinajstić information content (AvgIpc) is 3.18. The Kier molecular flexibility index (Phi) is 27.2. The van der Waals surface area contributed by atoms with E-state index < -0.39 is 97.7 Å². The molecule has 0 aliphatic rings. The number of nitrogens with two attached hydrogens (primary N) is 5. The molecule has 29 heteroatoms. The summed E-state index contributed by atoms with van der Waals surface area (Å²) in [4.78, 5) is 101. The monoisotopic (exact) mass is 871 g/mol. The summed E-state index contributed by atoms with van der Waals surface area (Å²) in [5.41, 5.74) is 26.9. The third-order valence-corrected chi connectivity index (χ3v) is 7.94. The number of carbonyl (C=O) groups is 8. The number of carboxylic acid groups (broad SMARTS) is 1. The molecule has 0 bridgehead atoms. The van der Waals surface area contributed by atoms with Crippen LogP contribution in [0.3, 0.4) is 0 Å². The summed E-state index contributed by atoms with van der Waals surface area (Å²) < 4.78 is 0. The molecule has 29 nitrogen and oxygen atoms in total. The molecule has 0 radical (unpaired) electrons. The van der Waals surface area contributed by atoms with Crippen molar-refractivity contribution in [3.8, 4) is 0 Å². The Balaban J connectivity index is 5.56. The summed E-state index contributed by atoms with van der Waals surface area (Å²) in [5, 5.41) is 64.6. The smallest absolute Gasteiger partial charge is 0.322 e. The van der Waals surface area contributed by atoms with E-state index in [0.717, 1.165) is 0 Å². The van der Waals surface area contributed by atoms with Crippen molar-refractivity contribution in [3.05, 3.63) is 0 Å². The fraction of sp³-hybridized carbons (Fsp3) is 0.625. The molecule has 61 heavy (non-hydrogen) atoms. The third-order valence-electron chi connectivity index (χ3n) is 7.94. The van der Waals surface area contributed by atoms with Gasteiger partial charge in [0.05, 0.1) is 25.7 Å². The van der Waals surface area contributed by atoms with Crippen LogP contribution in [0.15, 0.2) is 0 Å². The highest BCUT2D eigenvalue weighted by Gasteiger charge is 2.26. The van der Waals surface area contributed by atoms with Crippen LogP contribution in [-0.2, 0) is 38.4 Å². The number of aliphatic carboxylic acids is 1. The molecule has 0 unspecified atom stereocenters. The zero-order chi connectivity index (χ0) is 46.3. The minimum Gasteiger partial charge on any atom is -0.480 e. The number of hydrogen-bond donors (Lipinski definition) is 21. The zero-order valence-corrected chi connectivity index (χ0v) is 33.7. The number of guanidine groups is 4. The van der Waals surface area contributed by atoms with E-state index in [1.165, 1.54) is 0 Å². The second-order valence-corrected chi connectivity index (χ2v) is 13.2. The number of nitrogens with one attached hydrogen (secondary N) is 15. The molecule has 0 aromatic heterocycles. The lowest BCUT2D eigenvalue weighted by atomic mass is 10.1. The van der Waals surface area contributed by atoms with E-state index in [4.69, 9.17) is 55.4 Å². The van der Waals surface area contributed by atoms with Crippen LogP contribution in [0.4, 0.5) is 0 Å². The molecule has 0 saturated carbocycles. The lowest BCUT2D eigenvalue weighted by Crippen LogP contribution is -2.54. The quantitative estimate of drug-likeness (QED) is 0.0175. The molecular weight excluding hydrogens is 808 g/mol. The van der Waals surface area contributed by atoms with Crippen LogP contribution in [-0.4, -0.2) is 153 Å². The van der Waals surface area contributed by atoms with Crippen LogP contribution >= 0.6 is 0 Å². The predicted molar refractivity (Wildman–Crippen MR) is 220 cm³/mol. The topological polar surface area (TPSA) is 515 Å². The van der Waals surface area contributed by atoms with E-state index in [0.29, 0.717) is 13.0 Å². The molecule has 0 rings (SSSR count). The van der Waals surface area contributed by atoms with Crippen molar-refractivity contribution < 1.29 is 43.5 Å². The Morgan fingerprint density at radius 1 is 0.410 bits per heavy atom. The van der Waals surface area contributed by atoms with Crippen molar-refractivity contribution in [1.29, 1.82) is 21.6 Å². The summed E-state index contributed by atoms with van der Waals surface area (Å²) in [7, 11) is 0. The van der Waals surface area contributed by atoms with Gasteiger partial charge in [0.15, 0.2) is 23.8 Å². The van der Waals surface area contributed by atoms with Crippen molar-refractivity contribution in [2.75, 3.05) is 52.4 Å². The van der Waals surface area contributed by atoms with Crippen LogP contribution in [0.1, 0.15) is 51.4 Å². The second-order valence-electron chi connectivity index (χ2n) is 13.2. The van der Waals surface area contributed by atoms with Crippen molar-refractivity contribution in [2.45, 2.75) is 75.5 Å². The molecule has 26 N–H and O–H groups in total. The predicted octanol–water partition coefficient (Wildman–Crippen LogP) is -8.63. The Morgan fingerprint density at radius 2 is 0.672 bits per heavy atom. The molecule has 0 saturated heterocycles. The summed E-state index contributed by atoms with van der Waals surface area (Å²) in [6.07, 6.45) is 1.26. The maximum absolute atomic E-state index is 13.2. The summed E-state index contributed by atoms with van der Waals surface area (Å²) >= 11 is 0. The van der Waals surface area contributed by atoms with Gasteiger partial charge in [-0.1, -0.05) is 0 Å². The molecule has 344 valence electrons. The average molecular weight is 871 g/mol. The first-order valence-corrected chi connectivity index (χ1v) is 19.0. The normalized spacial score (nSPS) is 12.3. The molecule has 0 aliphatic carbocycles. The van der Waals surface area contributed by atoms with Gasteiger partial charge in [-0.05, 0) is 51.4 Å². The Morgan fingerprint density at radius 3 is 0.951 bits per heavy atom. The third kappa shape index (κ3) is 28.8. The molecular formula is C32H62N20O9. The SMILES string of the molecule is N=C(N)NCCC[C@H](NC(=O)CNC(=O)[C@H](CCCNC(=N)N)NC(=O)CNC(=O)[C@H](CCCNC(=N)N)NC(=O)CNC(=O)[C@@H](N)CCCNC(=N)N)C(=O)NCC(=O)O. The van der Waals surface area contributed by atoms with Gasteiger partial charge in [0, 0.05) is 26.2 Å². The lowest BCUT2D eigenvalue weighted by Gasteiger charge is -2.21. The molecule has 0 aliphatic heterocycles. The highest BCUT2D eigenvalue weighted by molar-refractivity contribution is 5.95. The molecule has 7 amide bonds. The first-order chi connectivity index (χ1) is 28.7. The Hall–Kier alpha value is -7.20. The number of hydrogen-bond acceptors (Lipinski definition) is 13. The van der Waals surface area contributed by atoms with Crippen LogP contribution in [0, 0.1) is 21.6 Å². The van der Waals surface area contributed by atoms with Gasteiger partial charge in [-0.2, -0.15) is 0 Å². The zero-order valence-electron chi connectivity index (χ0n) is 33.7. The molecule has 4 atom stereocenters. The fourth-order valence-corrected chi connectivity index (χ4v) is 4.97. The molecule has 0 aromatic carbocycles. The van der Waals surface area contributed by atoms with E-state index >= 15 is 0 Å². The van der Waals surface area contributed by atoms with Gasteiger partial charge in [-0.15, -0.1) is 0 Å². The first kappa shape index (κ1) is 53.8. The minimum atomic E-state index is -1.33. The summed E-state index contributed by atoms with van der Waals surface area (Å²) in [6.45, 7) is -1.86. The number of carboxylic acids is 1. The van der Waals surface area contributed by atoms with Gasteiger partial charge >= 0.3 is 5.97 Å². The van der Waals surface area contributed by atoms with Gasteiger partial charge in [0.2, 0.25) is 41.4 Å². The molecule has 0 fully saturated rings. The lowest BCUT2D eigenvalue weighted by molar-refractivity contribution is -0.138.